The van der Waals surface area contributed by atoms with Crippen LogP contribution in [0.2, 0.25) is 0 Å². The number of carbonyl (C=O) groups is 1. The maximum atomic E-state index is 12.7. The van der Waals surface area contributed by atoms with Gasteiger partial charge in [-0.15, -0.1) is 0 Å². The van der Waals surface area contributed by atoms with Gasteiger partial charge in [0.1, 0.15) is 6.33 Å². The number of rotatable bonds is 3. The summed E-state index contributed by atoms with van der Waals surface area (Å²) in [5.74, 6) is 0. The lowest BCUT2D eigenvalue weighted by atomic mass is 10.2. The monoisotopic (exact) mass is 305 g/mol. The molecule has 22 heavy (non-hydrogen) atoms. The third kappa shape index (κ3) is 2.52. The van der Waals surface area contributed by atoms with E-state index in [1.807, 2.05) is 0 Å². The minimum absolute atomic E-state index is 0.268. The lowest BCUT2D eigenvalue weighted by Gasteiger charge is -2.08. The first-order valence-corrected chi connectivity index (χ1v) is 6.34. The second kappa shape index (κ2) is 5.18. The highest BCUT2D eigenvalue weighted by atomic mass is 19.4. The van der Waals surface area contributed by atoms with Crippen LogP contribution in [-0.4, -0.2) is 16.0 Å². The highest BCUT2D eigenvalue weighted by molar-refractivity contribution is 5.78. The van der Waals surface area contributed by atoms with Gasteiger partial charge in [0.05, 0.1) is 16.6 Å². The standard InChI is InChI=1S/C15H10F3N3O/c16-15(17,18)10-1-6-14-13(7-10)19-8-21(14)12-4-2-11(3-5-12)20-9-22/h1-9H,(H,20,22). The van der Waals surface area contributed by atoms with Gasteiger partial charge >= 0.3 is 6.18 Å². The molecule has 7 heteroatoms. The Labute approximate surface area is 123 Å². The van der Waals surface area contributed by atoms with E-state index in [4.69, 9.17) is 0 Å². The number of nitrogens with one attached hydrogen (secondary N) is 1. The number of hydrogen-bond acceptors (Lipinski definition) is 2. The molecule has 3 aromatic rings. The molecule has 0 aliphatic heterocycles. The highest BCUT2D eigenvalue weighted by Gasteiger charge is 2.30. The smallest absolute Gasteiger partial charge is 0.329 e. The minimum atomic E-state index is -4.39. The number of imidazole rings is 1. The Bertz CT molecular complexity index is 822. The summed E-state index contributed by atoms with van der Waals surface area (Å²) in [6.07, 6.45) is -2.35. The normalized spacial score (nSPS) is 11.6. The molecule has 2 aromatic carbocycles. The maximum absolute atomic E-state index is 12.7. The van der Waals surface area contributed by atoms with Crippen LogP contribution in [0.4, 0.5) is 18.9 Å². The van der Waals surface area contributed by atoms with Gasteiger partial charge in [0.25, 0.3) is 0 Å². The van der Waals surface area contributed by atoms with Crippen molar-refractivity contribution in [1.29, 1.82) is 0 Å². The fraction of sp³-hybridized carbons (Fsp3) is 0.0667. The average molecular weight is 305 g/mol. The van der Waals surface area contributed by atoms with Crippen LogP contribution in [0.5, 0.6) is 0 Å². The van der Waals surface area contributed by atoms with Crippen molar-refractivity contribution < 1.29 is 18.0 Å². The summed E-state index contributed by atoms with van der Waals surface area (Å²) in [7, 11) is 0. The molecule has 1 heterocycles. The van der Waals surface area contributed by atoms with Gasteiger partial charge in [0.15, 0.2) is 0 Å². The lowest BCUT2D eigenvalue weighted by molar-refractivity contribution is -0.137. The zero-order valence-electron chi connectivity index (χ0n) is 11.1. The van der Waals surface area contributed by atoms with Crippen LogP contribution in [0.3, 0.4) is 0 Å². The number of nitrogens with zero attached hydrogens (tertiary/aromatic N) is 2. The molecule has 0 spiro atoms. The second-order valence-corrected chi connectivity index (χ2v) is 4.62. The highest BCUT2D eigenvalue weighted by Crippen LogP contribution is 2.31. The van der Waals surface area contributed by atoms with Gasteiger partial charge in [-0.1, -0.05) is 0 Å². The molecule has 1 aromatic heterocycles. The molecule has 0 unspecified atom stereocenters. The van der Waals surface area contributed by atoms with E-state index in [0.717, 1.165) is 17.8 Å². The topological polar surface area (TPSA) is 46.9 Å². The van der Waals surface area contributed by atoms with E-state index in [1.165, 1.54) is 12.4 Å². The van der Waals surface area contributed by atoms with Crippen LogP contribution in [-0.2, 0) is 11.0 Å². The SMILES string of the molecule is O=CNc1ccc(-n2cnc3cc(C(F)(F)F)ccc32)cc1. The van der Waals surface area contributed by atoms with Gasteiger partial charge < -0.3 is 5.32 Å². The molecule has 0 fully saturated rings. The van der Waals surface area contributed by atoms with E-state index in [-0.39, 0.29) is 5.52 Å². The zero-order valence-corrected chi connectivity index (χ0v) is 11.1. The number of aromatic nitrogens is 2. The van der Waals surface area contributed by atoms with Crippen molar-refractivity contribution in [2.75, 3.05) is 5.32 Å². The predicted octanol–water partition coefficient (Wildman–Crippen LogP) is 3.61. The van der Waals surface area contributed by atoms with Crippen molar-refractivity contribution in [3.8, 4) is 5.69 Å². The number of alkyl halides is 3. The Balaban J connectivity index is 2.03. The third-order valence-corrected chi connectivity index (χ3v) is 3.25. The van der Waals surface area contributed by atoms with Crippen LogP contribution < -0.4 is 5.32 Å². The van der Waals surface area contributed by atoms with Crippen LogP contribution in [0.1, 0.15) is 5.56 Å². The zero-order chi connectivity index (χ0) is 15.7. The predicted molar refractivity (Wildman–Crippen MR) is 75.8 cm³/mol. The fourth-order valence-electron chi connectivity index (χ4n) is 2.18. The Morgan fingerprint density at radius 1 is 1.09 bits per heavy atom. The Kier molecular flexibility index (Phi) is 3.32. The van der Waals surface area contributed by atoms with E-state index >= 15 is 0 Å². The van der Waals surface area contributed by atoms with Gasteiger partial charge in [0, 0.05) is 11.4 Å². The molecule has 0 saturated carbocycles. The third-order valence-electron chi connectivity index (χ3n) is 3.25. The van der Waals surface area contributed by atoms with Gasteiger partial charge in [-0.3, -0.25) is 9.36 Å². The number of hydrogen-bond donors (Lipinski definition) is 1. The summed E-state index contributed by atoms with van der Waals surface area (Å²) in [5, 5.41) is 2.51. The first-order valence-electron chi connectivity index (χ1n) is 6.34. The van der Waals surface area contributed by atoms with E-state index in [9.17, 15) is 18.0 Å². The van der Waals surface area contributed by atoms with E-state index in [2.05, 4.69) is 10.3 Å². The Morgan fingerprint density at radius 2 is 1.82 bits per heavy atom. The van der Waals surface area contributed by atoms with Crippen molar-refractivity contribution in [3.05, 3.63) is 54.4 Å². The van der Waals surface area contributed by atoms with Crippen molar-refractivity contribution in [3.63, 3.8) is 0 Å². The van der Waals surface area contributed by atoms with Crippen LogP contribution in [0, 0.1) is 0 Å². The molecule has 112 valence electrons. The molecular weight excluding hydrogens is 295 g/mol. The summed E-state index contributed by atoms with van der Waals surface area (Å²) in [6, 6.07) is 10.3. The summed E-state index contributed by atoms with van der Waals surface area (Å²) in [5.41, 5.74) is 1.48. The van der Waals surface area contributed by atoms with Gasteiger partial charge in [-0.05, 0) is 42.5 Å². The molecule has 0 aliphatic carbocycles. The fourth-order valence-corrected chi connectivity index (χ4v) is 2.18. The number of halogens is 3. The first-order chi connectivity index (χ1) is 10.5. The molecule has 0 bridgehead atoms. The van der Waals surface area contributed by atoms with Gasteiger partial charge in [-0.2, -0.15) is 13.2 Å². The first kappa shape index (κ1) is 14.1. The van der Waals surface area contributed by atoms with Crippen LogP contribution >= 0.6 is 0 Å². The minimum Gasteiger partial charge on any atom is -0.329 e. The summed E-state index contributed by atoms with van der Waals surface area (Å²) in [4.78, 5) is 14.4. The van der Waals surface area contributed by atoms with E-state index < -0.39 is 11.7 Å². The van der Waals surface area contributed by atoms with Crippen molar-refractivity contribution in [2.24, 2.45) is 0 Å². The lowest BCUT2D eigenvalue weighted by Crippen LogP contribution is -2.04. The van der Waals surface area contributed by atoms with Crippen LogP contribution in [0.25, 0.3) is 16.7 Å². The van der Waals surface area contributed by atoms with Crippen molar-refractivity contribution in [2.45, 2.75) is 6.18 Å². The number of fused-ring (bicyclic) bond motifs is 1. The van der Waals surface area contributed by atoms with Crippen molar-refractivity contribution in [1.82, 2.24) is 9.55 Å². The molecule has 1 amide bonds. The molecular formula is C15H10F3N3O. The molecule has 0 saturated heterocycles. The number of carbonyl (C=O) groups excluding carboxylic acids is 1. The molecule has 3 rings (SSSR count). The molecule has 0 radical (unpaired) electrons. The van der Waals surface area contributed by atoms with E-state index in [0.29, 0.717) is 17.6 Å². The average Bonchev–Trinajstić information content (AvgIpc) is 2.90. The molecule has 4 nitrogen and oxygen atoms in total. The molecule has 0 aliphatic rings. The van der Waals surface area contributed by atoms with Crippen LogP contribution in [0.15, 0.2) is 48.8 Å². The molecule has 1 N–H and O–H groups in total. The molecule has 0 atom stereocenters. The summed E-state index contributed by atoms with van der Waals surface area (Å²) >= 11 is 0. The van der Waals surface area contributed by atoms with Gasteiger partial charge in [0.2, 0.25) is 6.41 Å². The Hall–Kier alpha value is -2.83. The Morgan fingerprint density at radius 3 is 2.45 bits per heavy atom. The van der Waals surface area contributed by atoms with Gasteiger partial charge in [-0.25, -0.2) is 4.98 Å². The number of anilines is 1. The summed E-state index contributed by atoms with van der Waals surface area (Å²) < 4.78 is 39.8. The quantitative estimate of drug-likeness (QED) is 0.751. The largest absolute Gasteiger partial charge is 0.416 e. The van der Waals surface area contributed by atoms with Crippen molar-refractivity contribution >= 4 is 23.1 Å². The second-order valence-electron chi connectivity index (χ2n) is 4.62. The maximum Gasteiger partial charge on any atom is 0.416 e. The summed E-state index contributed by atoms with van der Waals surface area (Å²) in [6.45, 7) is 0. The number of benzene rings is 2. The van der Waals surface area contributed by atoms with E-state index in [1.54, 1.807) is 28.8 Å². The number of amides is 1.